The summed E-state index contributed by atoms with van der Waals surface area (Å²) in [6.07, 6.45) is 1.57. The van der Waals surface area contributed by atoms with Gasteiger partial charge < -0.3 is 14.2 Å². The topological polar surface area (TPSA) is 81.2 Å². The maximum atomic E-state index is 12.4. The number of aromatic nitrogens is 2. The predicted molar refractivity (Wildman–Crippen MR) is 108 cm³/mol. The summed E-state index contributed by atoms with van der Waals surface area (Å²) in [7, 11) is 0. The van der Waals surface area contributed by atoms with E-state index in [0.29, 0.717) is 16.9 Å². The highest BCUT2D eigenvalue weighted by Gasteiger charge is 2.16. The Kier molecular flexibility index (Phi) is 5.16. The third kappa shape index (κ3) is 3.80. The third-order valence-electron chi connectivity index (χ3n) is 4.49. The smallest absolute Gasteiger partial charge is 0.277 e. The van der Waals surface area contributed by atoms with E-state index in [-0.39, 0.29) is 17.7 Å². The highest BCUT2D eigenvalue weighted by Crippen LogP contribution is 2.27. The Balaban J connectivity index is 1.38. The zero-order valence-corrected chi connectivity index (χ0v) is 16.3. The number of aryl methyl sites for hydroxylation is 1. The minimum absolute atomic E-state index is 0.0929. The van der Waals surface area contributed by atoms with Crippen LogP contribution in [0, 0.1) is 6.92 Å². The van der Waals surface area contributed by atoms with E-state index in [2.05, 4.69) is 33.7 Å². The van der Waals surface area contributed by atoms with Crippen LogP contribution >= 0.6 is 11.8 Å². The van der Waals surface area contributed by atoms with Crippen LogP contribution < -0.4 is 5.32 Å². The van der Waals surface area contributed by atoms with Crippen LogP contribution in [0.3, 0.4) is 0 Å². The van der Waals surface area contributed by atoms with Crippen LogP contribution in [0.1, 0.15) is 24.3 Å². The molecule has 0 saturated heterocycles. The number of benzene rings is 2. The molecule has 2 heterocycles. The molecule has 0 radical (unpaired) electrons. The summed E-state index contributed by atoms with van der Waals surface area (Å²) in [5, 5.41) is 13.7. The van der Waals surface area contributed by atoms with E-state index in [0.717, 1.165) is 21.9 Å². The van der Waals surface area contributed by atoms with Crippen molar-refractivity contribution in [3.63, 3.8) is 0 Å². The van der Waals surface area contributed by atoms with Crippen molar-refractivity contribution in [2.45, 2.75) is 25.1 Å². The number of thioether (sulfide) groups is 1. The Hall–Kier alpha value is -3.06. The van der Waals surface area contributed by atoms with E-state index in [1.165, 1.54) is 11.8 Å². The van der Waals surface area contributed by atoms with Gasteiger partial charge in [-0.05, 0) is 36.2 Å². The second-order valence-electron chi connectivity index (χ2n) is 6.41. The third-order valence-corrected chi connectivity index (χ3v) is 5.31. The molecular weight excluding hydrogens is 374 g/mol. The van der Waals surface area contributed by atoms with Gasteiger partial charge in [0, 0.05) is 0 Å². The molecule has 0 aliphatic rings. The average molecular weight is 393 g/mol. The standard InChI is InChI=1S/C21H19N3O3S/c1-13(16-9-5-7-15-6-3-4-8-18(15)16)22-19(25)12-28-21-24-23-20(27-21)17-10-11-26-14(17)2/h3-11,13H,12H2,1-2H3,(H,22,25)/t13-/m0/s1. The molecule has 6 nitrogen and oxygen atoms in total. The fraction of sp³-hybridized carbons (Fsp3) is 0.190. The second kappa shape index (κ2) is 7.90. The van der Waals surface area contributed by atoms with E-state index in [1.807, 2.05) is 38.1 Å². The molecule has 2 aromatic heterocycles. The molecule has 7 heteroatoms. The summed E-state index contributed by atoms with van der Waals surface area (Å²) in [6.45, 7) is 3.81. The number of nitrogens with one attached hydrogen (secondary N) is 1. The van der Waals surface area contributed by atoms with Crippen LogP contribution in [-0.4, -0.2) is 21.9 Å². The number of carbonyl (C=O) groups excluding carboxylic acids is 1. The van der Waals surface area contributed by atoms with Crippen molar-refractivity contribution in [3.05, 3.63) is 66.1 Å². The lowest BCUT2D eigenvalue weighted by molar-refractivity contribution is -0.119. The lowest BCUT2D eigenvalue weighted by Crippen LogP contribution is -2.28. The quantitative estimate of drug-likeness (QED) is 0.476. The SMILES string of the molecule is Cc1occc1-c1nnc(SCC(=O)N[C@@H](C)c2cccc3ccccc23)o1. The highest BCUT2D eigenvalue weighted by atomic mass is 32.2. The Labute approximate surface area is 166 Å². The predicted octanol–water partition coefficient (Wildman–Crippen LogP) is 4.76. The molecule has 1 N–H and O–H groups in total. The van der Waals surface area contributed by atoms with Gasteiger partial charge in [-0.15, -0.1) is 10.2 Å². The number of carbonyl (C=O) groups is 1. The molecule has 0 spiro atoms. The molecule has 0 aliphatic carbocycles. The lowest BCUT2D eigenvalue weighted by atomic mass is 10.00. The summed E-state index contributed by atoms with van der Waals surface area (Å²) >= 11 is 1.21. The molecule has 0 fully saturated rings. The number of nitrogens with zero attached hydrogens (tertiary/aromatic N) is 2. The van der Waals surface area contributed by atoms with Gasteiger partial charge in [-0.3, -0.25) is 4.79 Å². The first-order valence-electron chi connectivity index (χ1n) is 8.89. The van der Waals surface area contributed by atoms with Crippen LogP contribution in [0.5, 0.6) is 0 Å². The van der Waals surface area contributed by atoms with Gasteiger partial charge in [0.05, 0.1) is 23.6 Å². The van der Waals surface area contributed by atoms with Gasteiger partial charge >= 0.3 is 0 Å². The average Bonchev–Trinajstić information content (AvgIpc) is 3.34. The van der Waals surface area contributed by atoms with Crippen LogP contribution in [0.15, 0.2) is 68.9 Å². The number of furan rings is 1. The fourth-order valence-corrected chi connectivity index (χ4v) is 3.67. The molecule has 28 heavy (non-hydrogen) atoms. The van der Waals surface area contributed by atoms with Gasteiger partial charge in [0.25, 0.3) is 11.1 Å². The molecular formula is C21H19N3O3S. The van der Waals surface area contributed by atoms with E-state index in [1.54, 1.807) is 12.3 Å². The van der Waals surface area contributed by atoms with Gasteiger partial charge in [0.1, 0.15) is 5.76 Å². The molecule has 4 rings (SSSR count). The first-order chi connectivity index (χ1) is 13.6. The molecule has 0 saturated carbocycles. The number of fused-ring (bicyclic) bond motifs is 1. The lowest BCUT2D eigenvalue weighted by Gasteiger charge is -2.16. The molecule has 0 unspecified atom stereocenters. The Morgan fingerprint density at radius 1 is 1.14 bits per heavy atom. The normalized spacial score (nSPS) is 12.2. The van der Waals surface area contributed by atoms with Gasteiger partial charge in [-0.1, -0.05) is 54.2 Å². The van der Waals surface area contributed by atoms with E-state index in [4.69, 9.17) is 8.83 Å². The highest BCUT2D eigenvalue weighted by molar-refractivity contribution is 7.99. The van der Waals surface area contributed by atoms with Crippen molar-refractivity contribution in [1.29, 1.82) is 0 Å². The maximum Gasteiger partial charge on any atom is 0.277 e. The van der Waals surface area contributed by atoms with Crippen LogP contribution in [0.25, 0.3) is 22.2 Å². The van der Waals surface area contributed by atoms with Gasteiger partial charge in [-0.2, -0.15) is 0 Å². The van der Waals surface area contributed by atoms with Crippen molar-refractivity contribution in [2.24, 2.45) is 0 Å². The zero-order valence-electron chi connectivity index (χ0n) is 15.5. The van der Waals surface area contributed by atoms with E-state index < -0.39 is 0 Å². The van der Waals surface area contributed by atoms with Crippen molar-refractivity contribution < 1.29 is 13.6 Å². The second-order valence-corrected chi connectivity index (χ2v) is 7.34. The molecule has 1 atom stereocenters. The number of hydrogen-bond acceptors (Lipinski definition) is 6. The van der Waals surface area contributed by atoms with Crippen molar-refractivity contribution in [1.82, 2.24) is 15.5 Å². The van der Waals surface area contributed by atoms with Crippen molar-refractivity contribution >= 4 is 28.4 Å². The minimum Gasteiger partial charge on any atom is -0.469 e. The molecule has 4 aromatic rings. The van der Waals surface area contributed by atoms with Crippen molar-refractivity contribution in [2.75, 3.05) is 5.75 Å². The number of hydrogen-bond donors (Lipinski definition) is 1. The molecule has 1 amide bonds. The number of rotatable bonds is 6. The van der Waals surface area contributed by atoms with Crippen LogP contribution in [-0.2, 0) is 4.79 Å². The van der Waals surface area contributed by atoms with Gasteiger partial charge in [-0.25, -0.2) is 0 Å². The van der Waals surface area contributed by atoms with Crippen LogP contribution in [0.4, 0.5) is 0 Å². The molecule has 142 valence electrons. The molecule has 2 aromatic carbocycles. The first kappa shape index (κ1) is 18.3. The number of amides is 1. The molecule has 0 bridgehead atoms. The van der Waals surface area contributed by atoms with E-state index in [9.17, 15) is 4.79 Å². The van der Waals surface area contributed by atoms with Gasteiger partial charge in [0.2, 0.25) is 5.91 Å². The molecule has 0 aliphatic heterocycles. The van der Waals surface area contributed by atoms with E-state index >= 15 is 0 Å². The monoisotopic (exact) mass is 393 g/mol. The van der Waals surface area contributed by atoms with Crippen LogP contribution in [0.2, 0.25) is 0 Å². The summed E-state index contributed by atoms with van der Waals surface area (Å²) in [6, 6.07) is 15.9. The first-order valence-corrected chi connectivity index (χ1v) is 9.88. The Morgan fingerprint density at radius 3 is 2.79 bits per heavy atom. The van der Waals surface area contributed by atoms with Crippen molar-refractivity contribution in [3.8, 4) is 11.5 Å². The zero-order chi connectivity index (χ0) is 19.5. The Morgan fingerprint density at radius 2 is 1.96 bits per heavy atom. The van der Waals surface area contributed by atoms with Gasteiger partial charge in [0.15, 0.2) is 0 Å². The largest absolute Gasteiger partial charge is 0.469 e. The Bertz CT molecular complexity index is 1110. The summed E-state index contributed by atoms with van der Waals surface area (Å²) in [5.74, 6) is 1.20. The maximum absolute atomic E-state index is 12.4. The fourth-order valence-electron chi connectivity index (χ4n) is 3.10. The minimum atomic E-state index is -0.106. The summed E-state index contributed by atoms with van der Waals surface area (Å²) in [5.41, 5.74) is 1.85. The summed E-state index contributed by atoms with van der Waals surface area (Å²) < 4.78 is 10.9. The summed E-state index contributed by atoms with van der Waals surface area (Å²) in [4.78, 5) is 12.4.